The zero-order valence-corrected chi connectivity index (χ0v) is 11.7. The predicted molar refractivity (Wildman–Crippen MR) is 72.0 cm³/mol. The third-order valence-electron chi connectivity index (χ3n) is 2.06. The first kappa shape index (κ1) is 15.5. The average Bonchev–Trinajstić information content (AvgIpc) is 2.32. The molecule has 1 aromatic rings. The molecule has 0 saturated carbocycles. The van der Waals surface area contributed by atoms with Gasteiger partial charge in [-0.05, 0) is 13.8 Å². The number of hydrogen-bond acceptors (Lipinski definition) is 6. The van der Waals surface area contributed by atoms with Crippen molar-refractivity contribution >= 4 is 23.1 Å². The minimum Gasteiger partial charge on any atom is -0.470 e. The van der Waals surface area contributed by atoms with Crippen LogP contribution in [0.2, 0.25) is 5.02 Å². The van der Waals surface area contributed by atoms with Crippen LogP contribution in [0, 0.1) is 10.1 Å². The fourth-order valence-electron chi connectivity index (χ4n) is 1.30. The van der Waals surface area contributed by atoms with Crippen molar-refractivity contribution in [1.82, 2.24) is 4.98 Å². The molecule has 0 aromatic carbocycles. The number of rotatable bonds is 7. The van der Waals surface area contributed by atoms with Crippen molar-refractivity contribution in [2.45, 2.75) is 20.0 Å². The summed E-state index contributed by atoms with van der Waals surface area (Å²) in [6.45, 7) is 4.48. The Morgan fingerprint density at radius 2 is 2.26 bits per heavy atom. The molecule has 106 valence electrons. The molecule has 0 aliphatic rings. The highest BCUT2D eigenvalue weighted by Crippen LogP contribution is 2.33. The second kappa shape index (κ2) is 7.10. The number of ether oxygens (including phenoxy) is 2. The molecule has 0 aliphatic carbocycles. The van der Waals surface area contributed by atoms with Crippen LogP contribution in [-0.4, -0.2) is 36.3 Å². The first-order valence-corrected chi connectivity index (χ1v) is 6.08. The minimum absolute atomic E-state index is 0.0516. The standard InChI is InChI=1S/C11H16ClN3O4/c1-7(2)19-11-9(15(16)17)6-8(12)10(14-11)13-4-5-18-3/h6-7H,4-5H2,1-3H3,(H,13,14). The minimum atomic E-state index is -0.574. The normalized spacial score (nSPS) is 10.6. The summed E-state index contributed by atoms with van der Waals surface area (Å²) in [5.41, 5.74) is -0.254. The molecule has 1 aromatic heterocycles. The number of methoxy groups -OCH3 is 1. The van der Waals surface area contributed by atoms with Gasteiger partial charge in [0.05, 0.1) is 22.7 Å². The summed E-state index contributed by atoms with van der Waals surface area (Å²) in [5.74, 6) is 0.282. The summed E-state index contributed by atoms with van der Waals surface area (Å²) in [4.78, 5) is 14.4. The summed E-state index contributed by atoms with van der Waals surface area (Å²) in [6, 6.07) is 1.22. The van der Waals surface area contributed by atoms with Gasteiger partial charge in [-0.1, -0.05) is 11.6 Å². The maximum Gasteiger partial charge on any atom is 0.332 e. The SMILES string of the molecule is COCCNc1nc(OC(C)C)c([N+](=O)[O-])cc1Cl. The van der Waals surface area contributed by atoms with Gasteiger partial charge in [-0.25, -0.2) is 0 Å². The molecule has 0 bridgehead atoms. The van der Waals surface area contributed by atoms with Gasteiger partial charge in [0, 0.05) is 19.7 Å². The quantitative estimate of drug-likeness (QED) is 0.471. The van der Waals surface area contributed by atoms with Crippen LogP contribution in [0.3, 0.4) is 0 Å². The number of hydrogen-bond donors (Lipinski definition) is 1. The van der Waals surface area contributed by atoms with Crippen LogP contribution in [0.25, 0.3) is 0 Å². The topological polar surface area (TPSA) is 86.5 Å². The summed E-state index contributed by atoms with van der Waals surface area (Å²) >= 11 is 5.94. The molecule has 0 radical (unpaired) electrons. The Morgan fingerprint density at radius 1 is 1.58 bits per heavy atom. The number of nitrogens with zero attached hydrogens (tertiary/aromatic N) is 2. The van der Waals surface area contributed by atoms with Crippen LogP contribution >= 0.6 is 11.6 Å². The molecule has 1 heterocycles. The van der Waals surface area contributed by atoms with Crippen molar-refractivity contribution in [2.75, 3.05) is 25.6 Å². The second-order valence-electron chi connectivity index (χ2n) is 3.99. The molecule has 0 fully saturated rings. The molecule has 19 heavy (non-hydrogen) atoms. The van der Waals surface area contributed by atoms with Crippen LogP contribution in [0.5, 0.6) is 5.88 Å². The molecule has 0 saturated heterocycles. The number of halogens is 1. The smallest absolute Gasteiger partial charge is 0.332 e. The van der Waals surface area contributed by atoms with Gasteiger partial charge in [-0.15, -0.1) is 0 Å². The zero-order valence-electron chi connectivity index (χ0n) is 11.0. The highest BCUT2D eigenvalue weighted by molar-refractivity contribution is 6.33. The maximum absolute atomic E-state index is 10.9. The van der Waals surface area contributed by atoms with Crippen LogP contribution in [0.15, 0.2) is 6.07 Å². The molecule has 1 rings (SSSR count). The van der Waals surface area contributed by atoms with E-state index in [1.54, 1.807) is 21.0 Å². The molecular weight excluding hydrogens is 274 g/mol. The molecule has 0 aliphatic heterocycles. The molecule has 8 heteroatoms. The van der Waals surface area contributed by atoms with Crippen molar-refractivity contribution < 1.29 is 14.4 Å². The lowest BCUT2D eigenvalue weighted by atomic mass is 10.3. The molecule has 7 nitrogen and oxygen atoms in total. The lowest BCUT2D eigenvalue weighted by Gasteiger charge is -2.12. The van der Waals surface area contributed by atoms with Crippen LogP contribution in [-0.2, 0) is 4.74 Å². The van der Waals surface area contributed by atoms with Crippen LogP contribution in [0.4, 0.5) is 11.5 Å². The van der Waals surface area contributed by atoms with E-state index in [2.05, 4.69) is 10.3 Å². The second-order valence-corrected chi connectivity index (χ2v) is 4.39. The number of nitrogens with one attached hydrogen (secondary N) is 1. The van der Waals surface area contributed by atoms with Gasteiger partial charge in [-0.3, -0.25) is 10.1 Å². The lowest BCUT2D eigenvalue weighted by molar-refractivity contribution is -0.386. The van der Waals surface area contributed by atoms with E-state index in [9.17, 15) is 10.1 Å². The first-order valence-electron chi connectivity index (χ1n) is 5.70. The molecular formula is C11H16ClN3O4. The average molecular weight is 290 g/mol. The predicted octanol–water partition coefficient (Wildman–Crippen LogP) is 2.49. The van der Waals surface area contributed by atoms with E-state index < -0.39 is 4.92 Å². The van der Waals surface area contributed by atoms with Gasteiger partial charge in [0.1, 0.15) is 5.82 Å². The van der Waals surface area contributed by atoms with E-state index in [0.717, 1.165) is 0 Å². The first-order chi connectivity index (χ1) is 8.95. The van der Waals surface area contributed by atoms with Gasteiger partial charge in [0.2, 0.25) is 0 Å². The molecule has 0 unspecified atom stereocenters. The fourth-order valence-corrected chi connectivity index (χ4v) is 1.51. The van der Waals surface area contributed by atoms with E-state index >= 15 is 0 Å². The summed E-state index contributed by atoms with van der Waals surface area (Å²) in [6.07, 6.45) is -0.223. The number of aromatic nitrogens is 1. The van der Waals surface area contributed by atoms with E-state index in [1.165, 1.54) is 6.07 Å². The number of nitro groups is 1. The zero-order chi connectivity index (χ0) is 14.4. The molecule has 0 spiro atoms. The van der Waals surface area contributed by atoms with Gasteiger partial charge >= 0.3 is 5.69 Å². The Labute approximate surface area is 116 Å². The summed E-state index contributed by atoms with van der Waals surface area (Å²) < 4.78 is 10.2. The van der Waals surface area contributed by atoms with E-state index in [-0.39, 0.29) is 22.7 Å². The summed E-state index contributed by atoms with van der Waals surface area (Å²) in [5, 5.41) is 14.0. The van der Waals surface area contributed by atoms with E-state index in [1.807, 2.05) is 0 Å². The Balaban J connectivity index is 3.03. The van der Waals surface area contributed by atoms with Crippen LogP contribution in [0.1, 0.15) is 13.8 Å². The largest absolute Gasteiger partial charge is 0.470 e. The molecule has 1 N–H and O–H groups in total. The van der Waals surface area contributed by atoms with Crippen molar-refractivity contribution in [3.63, 3.8) is 0 Å². The fraction of sp³-hybridized carbons (Fsp3) is 0.545. The highest BCUT2D eigenvalue weighted by atomic mass is 35.5. The third kappa shape index (κ3) is 4.53. The van der Waals surface area contributed by atoms with Gasteiger partial charge < -0.3 is 14.8 Å². The van der Waals surface area contributed by atoms with E-state index in [0.29, 0.717) is 19.0 Å². The third-order valence-corrected chi connectivity index (χ3v) is 2.35. The number of pyridine rings is 1. The Morgan fingerprint density at radius 3 is 2.79 bits per heavy atom. The number of anilines is 1. The van der Waals surface area contributed by atoms with Crippen molar-refractivity contribution in [3.05, 3.63) is 21.2 Å². The lowest BCUT2D eigenvalue weighted by Crippen LogP contribution is -2.13. The highest BCUT2D eigenvalue weighted by Gasteiger charge is 2.21. The molecule has 0 atom stereocenters. The van der Waals surface area contributed by atoms with Crippen molar-refractivity contribution in [2.24, 2.45) is 0 Å². The van der Waals surface area contributed by atoms with E-state index in [4.69, 9.17) is 21.1 Å². The maximum atomic E-state index is 10.9. The Hall–Kier alpha value is -1.60. The van der Waals surface area contributed by atoms with Gasteiger partial charge in [0.25, 0.3) is 5.88 Å². The van der Waals surface area contributed by atoms with Crippen molar-refractivity contribution in [3.8, 4) is 5.88 Å². The van der Waals surface area contributed by atoms with Crippen molar-refractivity contribution in [1.29, 1.82) is 0 Å². The Bertz CT molecular complexity index is 454. The Kier molecular flexibility index (Phi) is 5.78. The van der Waals surface area contributed by atoms with Gasteiger partial charge in [-0.2, -0.15) is 4.98 Å². The van der Waals surface area contributed by atoms with Gasteiger partial charge in [0.15, 0.2) is 0 Å². The molecule has 0 amide bonds. The monoisotopic (exact) mass is 289 g/mol. The van der Waals surface area contributed by atoms with Crippen LogP contribution < -0.4 is 10.1 Å². The summed E-state index contributed by atoms with van der Waals surface area (Å²) in [7, 11) is 1.57.